The van der Waals surface area contributed by atoms with Gasteiger partial charge in [-0.05, 0) is 61.3 Å². The van der Waals surface area contributed by atoms with Crippen LogP contribution >= 0.6 is 11.8 Å². The molecule has 0 radical (unpaired) electrons. The van der Waals surface area contributed by atoms with Gasteiger partial charge in [0.05, 0.1) is 11.3 Å². The van der Waals surface area contributed by atoms with E-state index in [0.29, 0.717) is 22.1 Å². The number of carbonyl (C=O) groups is 1. The molecule has 2 heterocycles. The standard InChI is InChI=1S/C27H33N5O2S/c1-5-8-11-18-35-27-28-25(34)24-22-12-9-10-13-23(22)31(19(4)33)26(32(24)29-27)20-14-16-21(17-15-20)30(6-2)7-3/h9-10,12-17,26H,5-8,11,18H2,1-4H3/p+1. The van der Waals surface area contributed by atoms with Crippen LogP contribution in [0.2, 0.25) is 0 Å². The van der Waals surface area contributed by atoms with Crippen molar-refractivity contribution < 1.29 is 9.48 Å². The summed E-state index contributed by atoms with van der Waals surface area (Å²) >= 11 is 1.55. The van der Waals surface area contributed by atoms with E-state index in [0.717, 1.165) is 49.4 Å². The molecule has 1 N–H and O–H groups in total. The smallest absolute Gasteiger partial charge is 0.325 e. The maximum absolute atomic E-state index is 13.4. The first-order chi connectivity index (χ1) is 17.0. The average molecular weight is 493 g/mol. The molecule has 0 saturated heterocycles. The first-order valence-corrected chi connectivity index (χ1v) is 13.4. The lowest BCUT2D eigenvalue weighted by atomic mass is 10.0. The summed E-state index contributed by atoms with van der Waals surface area (Å²) in [6.07, 6.45) is 2.79. The third kappa shape index (κ3) is 4.98. The van der Waals surface area contributed by atoms with Gasteiger partial charge in [0, 0.05) is 42.1 Å². The monoisotopic (exact) mass is 492 g/mol. The largest absolute Gasteiger partial charge is 0.372 e. The first-order valence-electron chi connectivity index (χ1n) is 12.4. The minimum atomic E-state index is -0.555. The van der Waals surface area contributed by atoms with Crippen LogP contribution in [0.25, 0.3) is 11.3 Å². The first kappa shape index (κ1) is 25.0. The van der Waals surface area contributed by atoms with Crippen molar-refractivity contribution >= 4 is 29.0 Å². The Labute approximate surface area is 211 Å². The molecule has 2 aromatic carbocycles. The van der Waals surface area contributed by atoms with Crippen LogP contribution in [0.5, 0.6) is 0 Å². The van der Waals surface area contributed by atoms with Gasteiger partial charge in [0.2, 0.25) is 11.1 Å². The Kier molecular flexibility index (Phi) is 7.90. The molecule has 184 valence electrons. The van der Waals surface area contributed by atoms with Gasteiger partial charge >= 0.3 is 11.3 Å². The van der Waals surface area contributed by atoms with E-state index in [4.69, 9.17) is 5.10 Å². The fourth-order valence-electron chi connectivity index (χ4n) is 4.64. The number of thioether (sulfide) groups is 1. The van der Waals surface area contributed by atoms with Gasteiger partial charge in [0.25, 0.3) is 6.17 Å². The zero-order valence-electron chi connectivity index (χ0n) is 21.0. The van der Waals surface area contributed by atoms with Gasteiger partial charge in [-0.25, -0.2) is 4.90 Å². The van der Waals surface area contributed by atoms with Crippen LogP contribution in [0.3, 0.4) is 0 Å². The molecular formula is C27H34N5O2S+. The molecule has 35 heavy (non-hydrogen) atoms. The van der Waals surface area contributed by atoms with Gasteiger partial charge in [-0.3, -0.25) is 14.6 Å². The lowest BCUT2D eigenvalue weighted by Gasteiger charge is -2.31. The fraction of sp³-hybridized carbons (Fsp3) is 0.407. The van der Waals surface area contributed by atoms with Crippen molar-refractivity contribution in [3.05, 3.63) is 64.4 Å². The van der Waals surface area contributed by atoms with Gasteiger partial charge in [0.1, 0.15) is 0 Å². The lowest BCUT2D eigenvalue weighted by Crippen LogP contribution is -2.60. The Balaban J connectivity index is 1.86. The van der Waals surface area contributed by atoms with Gasteiger partial charge in [0.15, 0.2) is 0 Å². The highest BCUT2D eigenvalue weighted by atomic mass is 32.2. The molecule has 4 rings (SSSR count). The Bertz CT molecular complexity index is 1240. The lowest BCUT2D eigenvalue weighted by molar-refractivity contribution is -0.763. The number of hydrogen-bond donors (Lipinski definition) is 1. The zero-order chi connectivity index (χ0) is 24.9. The second-order valence-corrected chi connectivity index (χ2v) is 9.74. The van der Waals surface area contributed by atoms with E-state index in [2.05, 4.69) is 42.8 Å². The number of carbonyl (C=O) groups excluding carboxylic acids is 1. The van der Waals surface area contributed by atoms with Crippen LogP contribution in [0, 0.1) is 0 Å². The maximum atomic E-state index is 13.4. The Morgan fingerprint density at radius 2 is 1.80 bits per heavy atom. The fourth-order valence-corrected chi connectivity index (χ4v) is 5.50. The zero-order valence-corrected chi connectivity index (χ0v) is 21.8. The van der Waals surface area contributed by atoms with Crippen molar-refractivity contribution in [2.24, 2.45) is 0 Å². The third-order valence-electron chi connectivity index (χ3n) is 6.40. The summed E-state index contributed by atoms with van der Waals surface area (Å²) in [6, 6.07) is 15.8. The number of rotatable bonds is 9. The highest BCUT2D eigenvalue weighted by Crippen LogP contribution is 2.37. The molecule has 1 atom stereocenters. The second-order valence-electron chi connectivity index (χ2n) is 8.65. The number of para-hydroxylation sites is 1. The summed E-state index contributed by atoms with van der Waals surface area (Å²) < 4.78 is 1.73. The van der Waals surface area contributed by atoms with Crippen LogP contribution in [0.4, 0.5) is 11.4 Å². The number of benzene rings is 2. The Morgan fingerprint density at radius 1 is 1.09 bits per heavy atom. The van der Waals surface area contributed by atoms with E-state index < -0.39 is 6.17 Å². The number of aromatic nitrogens is 3. The highest BCUT2D eigenvalue weighted by Gasteiger charge is 2.44. The molecular weight excluding hydrogens is 458 g/mol. The minimum absolute atomic E-state index is 0.104. The normalized spacial score (nSPS) is 14.4. The number of aromatic amines is 1. The SMILES string of the molecule is CCCCCSc1n[n+]2c(c(=O)[nH]1)-c1ccccc1N(C(C)=O)C2c1ccc(N(CC)CC)cc1. The summed E-state index contributed by atoms with van der Waals surface area (Å²) in [6.45, 7) is 9.83. The summed E-state index contributed by atoms with van der Waals surface area (Å²) in [4.78, 5) is 33.4. The molecule has 0 fully saturated rings. The number of nitrogens with one attached hydrogen (secondary N) is 1. The number of fused-ring (bicyclic) bond motifs is 3. The summed E-state index contributed by atoms with van der Waals surface area (Å²) in [5, 5.41) is 5.44. The number of hydrogen-bond acceptors (Lipinski definition) is 5. The molecule has 3 aromatic rings. The van der Waals surface area contributed by atoms with Crippen molar-refractivity contribution in [1.82, 2.24) is 10.1 Å². The molecule has 0 spiro atoms. The second kappa shape index (κ2) is 11.1. The predicted molar refractivity (Wildman–Crippen MR) is 142 cm³/mol. The van der Waals surface area contributed by atoms with Gasteiger partial charge in [-0.2, -0.15) is 0 Å². The summed E-state index contributed by atoms with van der Waals surface area (Å²) in [5.41, 5.74) is 3.72. The van der Waals surface area contributed by atoms with Crippen molar-refractivity contribution in [2.45, 2.75) is 58.3 Å². The molecule has 0 bridgehead atoms. The van der Waals surface area contributed by atoms with Gasteiger partial charge in [-0.1, -0.05) is 43.7 Å². The molecule has 8 heteroatoms. The van der Waals surface area contributed by atoms with Crippen LogP contribution < -0.4 is 20.0 Å². The minimum Gasteiger partial charge on any atom is -0.372 e. The quantitative estimate of drug-likeness (QED) is 0.265. The van der Waals surface area contributed by atoms with E-state index in [9.17, 15) is 9.59 Å². The van der Waals surface area contributed by atoms with Crippen LogP contribution in [-0.4, -0.2) is 34.8 Å². The topological polar surface area (TPSA) is 73.2 Å². The van der Waals surface area contributed by atoms with Crippen molar-refractivity contribution in [3.63, 3.8) is 0 Å². The van der Waals surface area contributed by atoms with Crippen molar-refractivity contribution in [1.29, 1.82) is 0 Å². The average Bonchev–Trinajstić information content (AvgIpc) is 2.86. The van der Waals surface area contributed by atoms with Gasteiger partial charge < -0.3 is 4.90 Å². The molecule has 1 aromatic heterocycles. The highest BCUT2D eigenvalue weighted by molar-refractivity contribution is 7.99. The molecule has 7 nitrogen and oxygen atoms in total. The summed E-state index contributed by atoms with van der Waals surface area (Å²) in [5.74, 6) is 0.777. The molecule has 1 amide bonds. The third-order valence-corrected chi connectivity index (χ3v) is 7.35. The van der Waals surface area contributed by atoms with Crippen molar-refractivity contribution in [2.75, 3.05) is 28.6 Å². The predicted octanol–water partition coefficient (Wildman–Crippen LogP) is 4.77. The number of H-pyrrole nitrogens is 1. The Hall–Kier alpha value is -3.13. The van der Waals surface area contributed by atoms with E-state index in [-0.39, 0.29) is 11.5 Å². The van der Waals surface area contributed by atoms with E-state index in [1.165, 1.54) is 0 Å². The van der Waals surface area contributed by atoms with Crippen LogP contribution in [0.15, 0.2) is 58.5 Å². The van der Waals surface area contributed by atoms with E-state index in [1.54, 1.807) is 28.3 Å². The van der Waals surface area contributed by atoms with Crippen LogP contribution in [-0.2, 0) is 4.79 Å². The molecule has 1 aliphatic rings. The van der Waals surface area contributed by atoms with E-state index >= 15 is 0 Å². The molecule has 1 unspecified atom stereocenters. The van der Waals surface area contributed by atoms with Crippen molar-refractivity contribution in [3.8, 4) is 11.3 Å². The van der Waals surface area contributed by atoms with E-state index in [1.807, 2.05) is 36.4 Å². The Morgan fingerprint density at radius 3 is 2.46 bits per heavy atom. The number of amides is 1. The van der Waals surface area contributed by atoms with Gasteiger partial charge in [-0.15, -0.1) is 0 Å². The maximum Gasteiger partial charge on any atom is 0.325 e. The summed E-state index contributed by atoms with van der Waals surface area (Å²) in [7, 11) is 0. The van der Waals surface area contributed by atoms with Crippen LogP contribution in [0.1, 0.15) is 58.7 Å². The molecule has 0 saturated carbocycles. The molecule has 1 aliphatic heterocycles. The number of nitrogens with zero attached hydrogens (tertiary/aromatic N) is 4. The molecule has 0 aliphatic carbocycles. The number of anilines is 2. The number of unbranched alkanes of at least 4 members (excludes halogenated alkanes) is 2.